The van der Waals surface area contributed by atoms with Crippen molar-refractivity contribution in [1.29, 1.82) is 0 Å². The van der Waals surface area contributed by atoms with Crippen LogP contribution < -0.4 is 5.73 Å². The molecule has 4 heteroatoms. The van der Waals surface area contributed by atoms with Gasteiger partial charge in [0.15, 0.2) is 5.78 Å². The second-order valence-corrected chi connectivity index (χ2v) is 2.92. The number of hydrogen-bond acceptors (Lipinski definition) is 4. The molecule has 1 rings (SSSR count). The molecule has 1 aliphatic rings. The second kappa shape index (κ2) is 3.06. The molecule has 2 unspecified atom stereocenters. The SMILES string of the molecule is CC1=CC(=O)C(C(C)N)C(=O)O1. The number of carbonyl (C=O) groups excluding carboxylic acids is 2. The Labute approximate surface area is 70.4 Å². The Hall–Kier alpha value is -1.16. The van der Waals surface area contributed by atoms with Gasteiger partial charge in [0, 0.05) is 12.1 Å². The van der Waals surface area contributed by atoms with E-state index in [4.69, 9.17) is 10.5 Å². The van der Waals surface area contributed by atoms with Crippen molar-refractivity contribution in [3.8, 4) is 0 Å². The quantitative estimate of drug-likeness (QED) is 0.442. The minimum absolute atomic E-state index is 0.265. The Morgan fingerprint density at radius 2 is 2.17 bits per heavy atom. The zero-order valence-corrected chi connectivity index (χ0v) is 7.03. The Morgan fingerprint density at radius 1 is 1.58 bits per heavy atom. The van der Waals surface area contributed by atoms with Gasteiger partial charge in [0.1, 0.15) is 11.7 Å². The molecular formula is C8H11NO3. The molecule has 0 spiro atoms. The van der Waals surface area contributed by atoms with Gasteiger partial charge in [-0.1, -0.05) is 0 Å². The van der Waals surface area contributed by atoms with E-state index in [9.17, 15) is 9.59 Å². The van der Waals surface area contributed by atoms with Crippen LogP contribution in [0.4, 0.5) is 0 Å². The molecule has 0 radical (unpaired) electrons. The van der Waals surface area contributed by atoms with Crippen LogP contribution in [-0.2, 0) is 14.3 Å². The molecule has 12 heavy (non-hydrogen) atoms. The highest BCUT2D eigenvalue weighted by Crippen LogP contribution is 2.16. The number of allylic oxidation sites excluding steroid dienone is 2. The molecule has 2 N–H and O–H groups in total. The summed E-state index contributed by atoms with van der Waals surface area (Å²) in [5, 5.41) is 0. The maximum atomic E-state index is 11.2. The number of hydrogen-bond donors (Lipinski definition) is 1. The Kier molecular flexibility index (Phi) is 2.28. The van der Waals surface area contributed by atoms with Gasteiger partial charge in [0.25, 0.3) is 0 Å². The first-order chi connectivity index (χ1) is 5.52. The number of cyclic esters (lactones) is 1. The monoisotopic (exact) mass is 169 g/mol. The van der Waals surface area contributed by atoms with Gasteiger partial charge in [-0.15, -0.1) is 0 Å². The van der Waals surface area contributed by atoms with E-state index in [-0.39, 0.29) is 5.78 Å². The van der Waals surface area contributed by atoms with E-state index in [1.54, 1.807) is 13.8 Å². The lowest BCUT2D eigenvalue weighted by molar-refractivity contribution is -0.149. The van der Waals surface area contributed by atoms with Gasteiger partial charge in [0.05, 0.1) is 0 Å². The van der Waals surface area contributed by atoms with Crippen molar-refractivity contribution in [2.24, 2.45) is 11.7 Å². The van der Waals surface area contributed by atoms with Crippen LogP contribution in [0.25, 0.3) is 0 Å². The summed E-state index contributed by atoms with van der Waals surface area (Å²) in [6, 6.07) is -0.491. The Morgan fingerprint density at radius 3 is 2.58 bits per heavy atom. The summed E-state index contributed by atoms with van der Waals surface area (Å²) in [5.74, 6) is -1.30. The summed E-state index contributed by atoms with van der Waals surface area (Å²) in [5.41, 5.74) is 5.44. The molecule has 0 bridgehead atoms. The maximum absolute atomic E-state index is 11.2. The smallest absolute Gasteiger partial charge is 0.323 e. The topological polar surface area (TPSA) is 69.4 Å². The molecule has 0 aliphatic carbocycles. The third-order valence-electron chi connectivity index (χ3n) is 1.69. The van der Waals surface area contributed by atoms with Crippen LogP contribution in [0.15, 0.2) is 11.8 Å². The summed E-state index contributed by atoms with van der Waals surface area (Å²) in [6.45, 7) is 3.17. The van der Waals surface area contributed by atoms with E-state index in [0.717, 1.165) is 0 Å². The Balaban J connectivity index is 2.91. The van der Waals surface area contributed by atoms with Crippen LogP contribution in [0.1, 0.15) is 13.8 Å². The number of rotatable bonds is 1. The van der Waals surface area contributed by atoms with E-state index < -0.39 is 17.9 Å². The van der Waals surface area contributed by atoms with Crippen molar-refractivity contribution >= 4 is 11.8 Å². The van der Waals surface area contributed by atoms with Crippen LogP contribution >= 0.6 is 0 Å². The van der Waals surface area contributed by atoms with Crippen LogP contribution in [0.5, 0.6) is 0 Å². The molecule has 0 saturated carbocycles. The average molecular weight is 169 g/mol. The maximum Gasteiger partial charge on any atom is 0.323 e. The van der Waals surface area contributed by atoms with Crippen molar-refractivity contribution in [3.63, 3.8) is 0 Å². The molecule has 1 heterocycles. The van der Waals surface area contributed by atoms with E-state index in [1.165, 1.54) is 6.08 Å². The van der Waals surface area contributed by atoms with Crippen molar-refractivity contribution in [3.05, 3.63) is 11.8 Å². The summed E-state index contributed by atoms with van der Waals surface area (Å²) < 4.78 is 4.75. The minimum atomic E-state index is -0.825. The standard InChI is InChI=1S/C8H11NO3/c1-4-3-6(10)7(5(2)9)8(11)12-4/h3,5,7H,9H2,1-2H3. The fraction of sp³-hybridized carbons (Fsp3) is 0.500. The molecule has 0 aromatic heterocycles. The molecule has 2 atom stereocenters. The second-order valence-electron chi connectivity index (χ2n) is 2.92. The van der Waals surface area contributed by atoms with E-state index >= 15 is 0 Å². The molecular weight excluding hydrogens is 158 g/mol. The van der Waals surface area contributed by atoms with Gasteiger partial charge in [-0.05, 0) is 13.8 Å². The summed E-state index contributed by atoms with van der Waals surface area (Å²) in [7, 11) is 0. The van der Waals surface area contributed by atoms with Crippen molar-refractivity contribution in [2.75, 3.05) is 0 Å². The first-order valence-electron chi connectivity index (χ1n) is 3.72. The molecule has 4 nitrogen and oxygen atoms in total. The van der Waals surface area contributed by atoms with Crippen molar-refractivity contribution in [2.45, 2.75) is 19.9 Å². The van der Waals surface area contributed by atoms with Crippen LogP contribution in [0.3, 0.4) is 0 Å². The highest BCUT2D eigenvalue weighted by atomic mass is 16.5. The summed E-state index contributed by atoms with van der Waals surface area (Å²) >= 11 is 0. The van der Waals surface area contributed by atoms with Crippen molar-refractivity contribution < 1.29 is 14.3 Å². The van der Waals surface area contributed by atoms with Crippen LogP contribution in [0.2, 0.25) is 0 Å². The summed E-state index contributed by atoms with van der Waals surface area (Å²) in [6.07, 6.45) is 1.30. The minimum Gasteiger partial charge on any atom is -0.431 e. The molecule has 0 saturated heterocycles. The molecule has 0 aromatic rings. The third-order valence-corrected chi connectivity index (χ3v) is 1.69. The van der Waals surface area contributed by atoms with Gasteiger partial charge in [0.2, 0.25) is 0 Å². The van der Waals surface area contributed by atoms with Gasteiger partial charge < -0.3 is 10.5 Å². The van der Waals surface area contributed by atoms with Gasteiger partial charge >= 0.3 is 5.97 Å². The zero-order valence-electron chi connectivity index (χ0n) is 7.03. The van der Waals surface area contributed by atoms with Crippen molar-refractivity contribution in [1.82, 2.24) is 0 Å². The fourth-order valence-corrected chi connectivity index (χ4v) is 1.13. The first-order valence-corrected chi connectivity index (χ1v) is 3.72. The zero-order chi connectivity index (χ0) is 9.30. The van der Waals surface area contributed by atoms with E-state index in [0.29, 0.717) is 5.76 Å². The predicted molar refractivity (Wildman–Crippen MR) is 42.0 cm³/mol. The van der Waals surface area contributed by atoms with E-state index in [2.05, 4.69) is 0 Å². The lowest BCUT2D eigenvalue weighted by Crippen LogP contribution is -2.41. The number of ether oxygens (including phenoxy) is 1. The Bertz CT molecular complexity index is 255. The normalized spacial score (nSPS) is 26.2. The summed E-state index contributed by atoms with van der Waals surface area (Å²) in [4.78, 5) is 22.3. The van der Waals surface area contributed by atoms with E-state index in [1.807, 2.05) is 0 Å². The first kappa shape index (κ1) is 8.93. The van der Waals surface area contributed by atoms with Gasteiger partial charge in [-0.25, -0.2) is 0 Å². The van der Waals surface area contributed by atoms with Crippen LogP contribution in [-0.4, -0.2) is 17.8 Å². The lowest BCUT2D eigenvalue weighted by atomic mass is 9.95. The fourth-order valence-electron chi connectivity index (χ4n) is 1.13. The number of nitrogens with two attached hydrogens (primary N) is 1. The molecule has 1 aliphatic heterocycles. The number of carbonyl (C=O) groups is 2. The number of ketones is 1. The van der Waals surface area contributed by atoms with Gasteiger partial charge in [-0.2, -0.15) is 0 Å². The molecule has 66 valence electrons. The lowest BCUT2D eigenvalue weighted by Gasteiger charge is -2.20. The molecule has 0 amide bonds. The van der Waals surface area contributed by atoms with Gasteiger partial charge in [-0.3, -0.25) is 9.59 Å². The average Bonchev–Trinajstić information content (AvgIpc) is 1.82. The molecule has 0 aromatic carbocycles. The largest absolute Gasteiger partial charge is 0.431 e. The predicted octanol–water partition coefficient (Wildman–Crippen LogP) is -0.0205. The highest BCUT2D eigenvalue weighted by Gasteiger charge is 2.34. The molecule has 0 fully saturated rings. The number of esters is 1. The van der Waals surface area contributed by atoms with Crippen LogP contribution in [0, 0.1) is 5.92 Å². The highest BCUT2D eigenvalue weighted by molar-refractivity contribution is 6.07. The third kappa shape index (κ3) is 1.53.